The number of amides is 1. The molecule has 1 amide bonds. The van der Waals surface area contributed by atoms with Gasteiger partial charge in [-0.15, -0.1) is 0 Å². The molecule has 0 bridgehead atoms. The van der Waals surface area contributed by atoms with Crippen LogP contribution in [0.25, 0.3) is 10.4 Å². The van der Waals surface area contributed by atoms with Gasteiger partial charge < -0.3 is 10.5 Å². The van der Waals surface area contributed by atoms with Crippen molar-refractivity contribution >= 4 is 11.7 Å². The largest absolute Gasteiger partial charge is 0.411 e. The predicted molar refractivity (Wildman–Crippen MR) is 60.0 cm³/mol. The van der Waals surface area contributed by atoms with Crippen molar-refractivity contribution in [2.75, 3.05) is 7.05 Å². The van der Waals surface area contributed by atoms with E-state index in [4.69, 9.17) is 10.7 Å². The minimum atomic E-state index is -0.775. The van der Waals surface area contributed by atoms with Gasteiger partial charge in [-0.3, -0.25) is 4.79 Å². The van der Waals surface area contributed by atoms with Crippen LogP contribution in [0.1, 0.15) is 27.2 Å². The third-order valence-corrected chi connectivity index (χ3v) is 2.71. The van der Waals surface area contributed by atoms with E-state index in [1.165, 1.54) is 7.05 Å². The quantitative estimate of drug-likeness (QED) is 0.145. The topological polar surface area (TPSA) is 110 Å². The Balaban J connectivity index is 5.40. The van der Waals surface area contributed by atoms with Gasteiger partial charge in [0.1, 0.15) is 0 Å². The van der Waals surface area contributed by atoms with Crippen LogP contribution < -0.4 is 5.32 Å². The first-order valence-electron chi connectivity index (χ1n) is 4.93. The summed E-state index contributed by atoms with van der Waals surface area (Å²) in [5.41, 5.74) is 7.88. The Labute approximate surface area is 94.1 Å². The lowest BCUT2D eigenvalue weighted by molar-refractivity contribution is -0.125. The fourth-order valence-electron chi connectivity index (χ4n) is 1.35. The maximum absolute atomic E-state index is 11.7. The van der Waals surface area contributed by atoms with E-state index in [1.54, 1.807) is 0 Å². The average Bonchev–Trinajstić information content (AvgIpc) is 2.27. The van der Waals surface area contributed by atoms with Crippen molar-refractivity contribution in [3.63, 3.8) is 0 Å². The molecule has 0 fully saturated rings. The van der Waals surface area contributed by atoms with Crippen LogP contribution in [0.5, 0.6) is 0 Å². The molecule has 0 spiro atoms. The number of hydrogen-bond acceptors (Lipinski definition) is 3. The van der Waals surface area contributed by atoms with Gasteiger partial charge in [-0.1, -0.05) is 25.9 Å². The second-order valence-corrected chi connectivity index (χ2v) is 4.04. The van der Waals surface area contributed by atoms with Crippen LogP contribution in [0.15, 0.2) is 10.3 Å². The summed E-state index contributed by atoms with van der Waals surface area (Å²) >= 11 is 0. The summed E-state index contributed by atoms with van der Waals surface area (Å²) in [5.74, 6) is -1.33. The summed E-state index contributed by atoms with van der Waals surface area (Å²) in [7, 11) is 1.48. The second kappa shape index (κ2) is 5.97. The van der Waals surface area contributed by atoms with Crippen molar-refractivity contribution in [2.24, 2.45) is 21.6 Å². The number of oxime groups is 1. The molecule has 7 nitrogen and oxygen atoms in total. The van der Waals surface area contributed by atoms with Crippen LogP contribution in [0, 0.1) is 11.3 Å². The zero-order valence-electron chi connectivity index (χ0n) is 9.93. The molecule has 0 aliphatic heterocycles. The molecule has 7 heteroatoms. The average molecular weight is 227 g/mol. The lowest BCUT2D eigenvalue weighted by Crippen LogP contribution is -2.42. The number of azide groups is 1. The molecule has 1 unspecified atom stereocenters. The molecule has 0 radical (unpaired) electrons. The SMILES string of the molecule is CCC(C)(C)C(C(=O)NC)/C(N=[N+]=[N-])=N/O. The first kappa shape index (κ1) is 14.2. The van der Waals surface area contributed by atoms with Crippen LogP contribution in [0.3, 0.4) is 0 Å². The first-order chi connectivity index (χ1) is 7.44. The van der Waals surface area contributed by atoms with Gasteiger partial charge in [0.05, 0.1) is 5.92 Å². The van der Waals surface area contributed by atoms with E-state index in [1.807, 2.05) is 20.8 Å². The highest BCUT2D eigenvalue weighted by Gasteiger charge is 2.37. The minimum absolute atomic E-state index is 0.214. The number of nitrogens with one attached hydrogen (secondary N) is 1. The van der Waals surface area contributed by atoms with E-state index in [9.17, 15) is 4.79 Å². The van der Waals surface area contributed by atoms with Crippen LogP contribution >= 0.6 is 0 Å². The minimum Gasteiger partial charge on any atom is -0.411 e. The summed E-state index contributed by atoms with van der Waals surface area (Å²) < 4.78 is 0. The van der Waals surface area contributed by atoms with Crippen molar-refractivity contribution in [2.45, 2.75) is 27.2 Å². The molecule has 0 aliphatic rings. The molecule has 90 valence electrons. The Morgan fingerprint density at radius 1 is 1.62 bits per heavy atom. The van der Waals surface area contributed by atoms with Gasteiger partial charge in [0, 0.05) is 12.0 Å². The summed E-state index contributed by atoms with van der Waals surface area (Å²) in [6.07, 6.45) is 0.672. The van der Waals surface area contributed by atoms with Gasteiger partial charge in [-0.25, -0.2) is 0 Å². The summed E-state index contributed by atoms with van der Waals surface area (Å²) in [5, 5.41) is 17.4. The number of carbonyl (C=O) groups is 1. The summed E-state index contributed by atoms with van der Waals surface area (Å²) in [6, 6.07) is 0. The summed E-state index contributed by atoms with van der Waals surface area (Å²) in [6.45, 7) is 5.58. The van der Waals surface area contributed by atoms with Crippen LogP contribution in [-0.4, -0.2) is 24.0 Å². The Morgan fingerprint density at radius 2 is 2.19 bits per heavy atom. The smallest absolute Gasteiger partial charge is 0.229 e. The van der Waals surface area contributed by atoms with Gasteiger partial charge in [0.25, 0.3) is 0 Å². The fraction of sp³-hybridized carbons (Fsp3) is 0.778. The highest BCUT2D eigenvalue weighted by Crippen LogP contribution is 2.32. The zero-order chi connectivity index (χ0) is 12.8. The highest BCUT2D eigenvalue weighted by atomic mass is 16.4. The van der Waals surface area contributed by atoms with Crippen LogP contribution in [0.4, 0.5) is 0 Å². The van der Waals surface area contributed by atoms with Crippen LogP contribution in [-0.2, 0) is 4.79 Å². The monoisotopic (exact) mass is 227 g/mol. The fourth-order valence-corrected chi connectivity index (χ4v) is 1.35. The van der Waals surface area contributed by atoms with Gasteiger partial charge in [-0.05, 0) is 22.5 Å². The maximum Gasteiger partial charge on any atom is 0.229 e. The lowest BCUT2D eigenvalue weighted by atomic mass is 9.75. The van der Waals surface area contributed by atoms with Gasteiger partial charge in [-0.2, -0.15) is 0 Å². The second-order valence-electron chi connectivity index (χ2n) is 4.04. The van der Waals surface area contributed by atoms with Crippen molar-refractivity contribution in [1.82, 2.24) is 5.32 Å². The van der Waals surface area contributed by atoms with Crippen LogP contribution in [0.2, 0.25) is 0 Å². The number of rotatable bonds is 4. The molecular formula is C9H17N5O2. The molecular weight excluding hydrogens is 210 g/mol. The van der Waals surface area contributed by atoms with Crippen molar-refractivity contribution in [1.29, 1.82) is 0 Å². The normalized spacial score (nSPS) is 13.9. The van der Waals surface area contributed by atoms with E-state index >= 15 is 0 Å². The highest BCUT2D eigenvalue weighted by molar-refractivity contribution is 6.03. The summed E-state index contributed by atoms with van der Waals surface area (Å²) in [4.78, 5) is 14.3. The molecule has 0 saturated heterocycles. The molecule has 16 heavy (non-hydrogen) atoms. The molecule has 1 atom stereocenters. The van der Waals surface area contributed by atoms with Crippen molar-refractivity contribution in [3.8, 4) is 0 Å². The molecule has 0 aromatic heterocycles. The first-order valence-corrected chi connectivity index (χ1v) is 4.93. The molecule has 2 N–H and O–H groups in total. The number of amidine groups is 1. The van der Waals surface area contributed by atoms with Gasteiger partial charge in [0.2, 0.25) is 5.91 Å². The van der Waals surface area contributed by atoms with E-state index < -0.39 is 11.3 Å². The predicted octanol–water partition coefficient (Wildman–Crippen LogP) is 1.88. The molecule has 0 heterocycles. The third kappa shape index (κ3) is 3.13. The van der Waals surface area contributed by atoms with E-state index in [2.05, 4.69) is 20.5 Å². The standard InChI is InChI=1S/C9H17N5O2/c1-5-9(2,3)6(8(15)11-4)7(13-16)12-14-10/h6,16H,5H2,1-4H3,(H,11,15)/b13-7-. The lowest BCUT2D eigenvalue weighted by Gasteiger charge is -2.30. The van der Waals surface area contributed by atoms with E-state index in [-0.39, 0.29) is 11.7 Å². The molecule has 0 aromatic rings. The Morgan fingerprint density at radius 3 is 2.50 bits per heavy atom. The number of carbonyl (C=O) groups excluding carboxylic acids is 1. The Hall–Kier alpha value is -1.75. The van der Waals surface area contributed by atoms with Crippen molar-refractivity contribution in [3.05, 3.63) is 10.4 Å². The zero-order valence-corrected chi connectivity index (χ0v) is 9.93. The molecule has 0 aromatic carbocycles. The number of nitrogens with zero attached hydrogens (tertiary/aromatic N) is 4. The molecule has 0 saturated carbocycles. The maximum atomic E-state index is 11.7. The number of hydrogen-bond donors (Lipinski definition) is 2. The Bertz CT molecular complexity index is 331. The van der Waals surface area contributed by atoms with Gasteiger partial charge >= 0.3 is 0 Å². The third-order valence-electron chi connectivity index (χ3n) is 2.71. The van der Waals surface area contributed by atoms with E-state index in [0.29, 0.717) is 6.42 Å². The van der Waals surface area contributed by atoms with E-state index in [0.717, 1.165) is 0 Å². The van der Waals surface area contributed by atoms with Crippen molar-refractivity contribution < 1.29 is 10.0 Å². The molecule has 0 aliphatic carbocycles. The van der Waals surface area contributed by atoms with Gasteiger partial charge in [0.15, 0.2) is 5.84 Å². The molecule has 0 rings (SSSR count). The Kier molecular flexibility index (Phi) is 5.32.